The number of ether oxygens (including phenoxy) is 6. The van der Waals surface area contributed by atoms with Gasteiger partial charge in [0.1, 0.15) is 71.0 Å². The lowest BCUT2D eigenvalue weighted by Gasteiger charge is -2.46. The molecule has 8 rings (SSSR count). The minimum Gasteiger partial charge on any atom is -0.497 e. The van der Waals surface area contributed by atoms with Crippen LogP contribution in [0, 0.1) is 11.6 Å². The molecule has 4 aliphatic rings. The summed E-state index contributed by atoms with van der Waals surface area (Å²) in [5, 5.41) is 81.7. The van der Waals surface area contributed by atoms with E-state index in [4.69, 9.17) is 28.4 Å². The Bertz CT molecular complexity index is 1930. The maximum atomic E-state index is 14.5. The molecule has 312 valence electrons. The minimum absolute atomic E-state index is 0.232. The van der Waals surface area contributed by atoms with Crippen molar-refractivity contribution in [1.82, 2.24) is 0 Å². The average Bonchev–Trinajstić information content (AvgIpc) is 3.83. The Morgan fingerprint density at radius 2 is 0.914 bits per heavy atom. The second-order valence-electron chi connectivity index (χ2n) is 15.0. The molecule has 4 aromatic rings. The highest BCUT2D eigenvalue weighted by Crippen LogP contribution is 2.51. The molecule has 4 heterocycles. The molecule has 4 bridgehead atoms. The fourth-order valence-corrected chi connectivity index (χ4v) is 7.93. The van der Waals surface area contributed by atoms with Gasteiger partial charge in [0.05, 0.1) is 40.6 Å². The summed E-state index contributed by atoms with van der Waals surface area (Å²) in [6.07, 6.45) is -8.98. The molecule has 0 spiro atoms. The van der Waals surface area contributed by atoms with Gasteiger partial charge in [0.25, 0.3) is 0 Å². The van der Waals surface area contributed by atoms with E-state index in [1.807, 2.05) is 24.3 Å². The van der Waals surface area contributed by atoms with E-state index in [1.165, 1.54) is 36.4 Å². The van der Waals surface area contributed by atoms with E-state index < -0.39 is 84.2 Å². The van der Waals surface area contributed by atoms with Crippen LogP contribution in [0.25, 0.3) is 0 Å². The fraction of sp³-hybridized carbons (Fsp3) is 0.429. The summed E-state index contributed by atoms with van der Waals surface area (Å²) < 4.78 is 62.2. The van der Waals surface area contributed by atoms with Gasteiger partial charge in [0.15, 0.2) is 0 Å². The molecule has 0 saturated carbocycles. The van der Waals surface area contributed by atoms with Crippen LogP contribution >= 0.6 is 0 Å². The summed E-state index contributed by atoms with van der Waals surface area (Å²) in [5.41, 5.74) is -0.194. The highest BCUT2D eigenvalue weighted by Gasteiger charge is 2.68. The maximum absolute atomic E-state index is 14.5. The van der Waals surface area contributed by atoms with E-state index in [0.29, 0.717) is 22.6 Å². The number of hydrogen-bond donors (Lipinski definition) is 8. The Morgan fingerprint density at radius 3 is 1.24 bits per heavy atom. The van der Waals surface area contributed by atoms with Crippen molar-refractivity contribution in [2.24, 2.45) is 0 Å². The van der Waals surface area contributed by atoms with Crippen molar-refractivity contribution in [3.8, 4) is 11.5 Å². The number of methoxy groups -OCH3 is 2. The van der Waals surface area contributed by atoms with E-state index in [1.54, 1.807) is 38.5 Å². The van der Waals surface area contributed by atoms with Crippen LogP contribution in [0.1, 0.15) is 33.4 Å². The fourth-order valence-electron chi connectivity index (χ4n) is 7.93. The molecule has 8 N–H and O–H groups in total. The van der Waals surface area contributed by atoms with E-state index in [0.717, 1.165) is 11.1 Å². The first-order chi connectivity index (χ1) is 27.7. The normalized spacial score (nSPS) is 33.7. The zero-order chi connectivity index (χ0) is 41.6. The quantitative estimate of drug-likeness (QED) is 0.112. The van der Waals surface area contributed by atoms with Crippen LogP contribution in [0.15, 0.2) is 84.9 Å². The Hall–Kier alpha value is -4.14. The third-order valence-electron chi connectivity index (χ3n) is 11.5. The van der Waals surface area contributed by atoms with Gasteiger partial charge in [-0.1, -0.05) is 36.4 Å². The van der Waals surface area contributed by atoms with Gasteiger partial charge >= 0.3 is 0 Å². The lowest BCUT2D eigenvalue weighted by atomic mass is 9.83. The van der Waals surface area contributed by atoms with Gasteiger partial charge in [-0.2, -0.15) is 0 Å². The average molecular weight is 813 g/mol. The molecule has 0 radical (unpaired) electrons. The standard InChI is InChI=1S/2C21H23FO7/c2*1-27-15-5-2-12(3-6-15)8-13-9-14(4-7-16(13)22)21-19(26)17(24)18(25)20(10-23,29-21)11-28-21/h2*2-7,9,17-19,23-26H,8,10-11H2,1H3/t17-,18-,19+,20-,21-;17-,18-,19-,20-,21-/m00/s1. The molecule has 0 unspecified atom stereocenters. The highest BCUT2D eigenvalue weighted by molar-refractivity contribution is 5.38. The van der Waals surface area contributed by atoms with Crippen molar-refractivity contribution in [2.45, 2.75) is 72.2 Å². The molecule has 58 heavy (non-hydrogen) atoms. The van der Waals surface area contributed by atoms with Gasteiger partial charge in [0.2, 0.25) is 11.6 Å². The molecule has 4 saturated heterocycles. The molecule has 4 aliphatic heterocycles. The summed E-state index contributed by atoms with van der Waals surface area (Å²) >= 11 is 0. The number of fused-ring (bicyclic) bond motifs is 4. The van der Waals surface area contributed by atoms with Crippen molar-refractivity contribution in [3.63, 3.8) is 0 Å². The Morgan fingerprint density at radius 1 is 0.552 bits per heavy atom. The molecular weight excluding hydrogens is 766 g/mol. The molecular formula is C42H46F2O14. The molecule has 0 aliphatic carbocycles. The first-order valence-corrected chi connectivity index (χ1v) is 18.5. The number of hydrogen-bond acceptors (Lipinski definition) is 14. The number of rotatable bonds is 10. The van der Waals surface area contributed by atoms with Crippen molar-refractivity contribution in [2.75, 3.05) is 40.6 Å². The predicted molar refractivity (Wildman–Crippen MR) is 198 cm³/mol. The lowest BCUT2D eigenvalue weighted by molar-refractivity contribution is -0.329. The third-order valence-corrected chi connectivity index (χ3v) is 11.5. The van der Waals surface area contributed by atoms with E-state index in [9.17, 15) is 49.6 Å². The molecule has 0 amide bonds. The summed E-state index contributed by atoms with van der Waals surface area (Å²) in [7, 11) is 3.12. The summed E-state index contributed by atoms with van der Waals surface area (Å²) in [6, 6.07) is 22.6. The number of benzene rings is 4. The monoisotopic (exact) mass is 812 g/mol. The van der Waals surface area contributed by atoms with Gasteiger partial charge in [-0.05, 0) is 70.8 Å². The molecule has 16 heteroatoms. The number of aliphatic hydroxyl groups excluding tert-OH is 8. The SMILES string of the molecule is COc1ccc(Cc2cc([C@]34OC[C@](CO)(O3)[C@@H](O)[C@H](O)[C@@H]4O)ccc2F)cc1.COc1ccc(Cc2cc([C@]34OC[C@](CO)(O3)[C@@H](O)[C@H](O)[C@H]4O)ccc2F)cc1. The smallest absolute Gasteiger partial charge is 0.225 e. The van der Waals surface area contributed by atoms with Crippen LogP contribution in [-0.2, 0) is 43.4 Å². The molecule has 10 atom stereocenters. The second kappa shape index (κ2) is 16.1. The lowest BCUT2D eigenvalue weighted by Crippen LogP contribution is -2.65. The van der Waals surface area contributed by atoms with Crippen molar-refractivity contribution in [1.29, 1.82) is 0 Å². The van der Waals surface area contributed by atoms with Gasteiger partial charge in [0, 0.05) is 24.0 Å². The Kier molecular flexibility index (Phi) is 11.7. The van der Waals surface area contributed by atoms with Crippen molar-refractivity contribution in [3.05, 3.63) is 130 Å². The van der Waals surface area contributed by atoms with Crippen LogP contribution in [0.5, 0.6) is 11.5 Å². The van der Waals surface area contributed by atoms with Crippen molar-refractivity contribution >= 4 is 0 Å². The summed E-state index contributed by atoms with van der Waals surface area (Å²) in [6.45, 7) is -1.69. The first-order valence-electron chi connectivity index (χ1n) is 18.5. The van der Waals surface area contributed by atoms with Crippen LogP contribution in [-0.4, -0.2) is 129 Å². The molecule has 4 fully saturated rings. The predicted octanol–water partition coefficient (Wildman–Crippen LogP) is 0.904. The van der Waals surface area contributed by atoms with E-state index in [2.05, 4.69) is 0 Å². The second-order valence-corrected chi connectivity index (χ2v) is 15.0. The topological polar surface area (TPSA) is 217 Å². The third kappa shape index (κ3) is 7.06. The van der Waals surface area contributed by atoms with Crippen LogP contribution in [0.4, 0.5) is 8.78 Å². The molecule has 4 aromatic carbocycles. The number of halogens is 2. The zero-order valence-corrected chi connectivity index (χ0v) is 31.6. The Labute approximate surface area is 332 Å². The minimum atomic E-state index is -1.82. The molecule has 0 aromatic heterocycles. The highest BCUT2D eigenvalue weighted by atomic mass is 19.1. The summed E-state index contributed by atoms with van der Waals surface area (Å²) in [5.74, 6) is -3.15. The van der Waals surface area contributed by atoms with Gasteiger partial charge < -0.3 is 69.3 Å². The summed E-state index contributed by atoms with van der Waals surface area (Å²) in [4.78, 5) is 0. The van der Waals surface area contributed by atoms with Crippen molar-refractivity contribution < 1.29 is 78.1 Å². The zero-order valence-electron chi connectivity index (χ0n) is 31.6. The van der Waals surface area contributed by atoms with E-state index >= 15 is 0 Å². The Balaban J connectivity index is 0.000000177. The number of aliphatic hydroxyl groups is 8. The largest absolute Gasteiger partial charge is 0.497 e. The van der Waals surface area contributed by atoms with Gasteiger partial charge in [-0.15, -0.1) is 0 Å². The maximum Gasteiger partial charge on any atom is 0.225 e. The molecule has 14 nitrogen and oxygen atoms in total. The first kappa shape index (κ1) is 42.0. The van der Waals surface area contributed by atoms with Gasteiger partial charge in [-0.25, -0.2) is 8.78 Å². The van der Waals surface area contributed by atoms with Crippen LogP contribution < -0.4 is 9.47 Å². The van der Waals surface area contributed by atoms with Crippen LogP contribution in [0.2, 0.25) is 0 Å². The van der Waals surface area contributed by atoms with Crippen LogP contribution in [0.3, 0.4) is 0 Å². The van der Waals surface area contributed by atoms with E-state index in [-0.39, 0.29) is 37.2 Å². The van der Waals surface area contributed by atoms with Gasteiger partial charge in [-0.3, -0.25) is 0 Å².